The van der Waals surface area contributed by atoms with E-state index in [0.29, 0.717) is 18.7 Å². The van der Waals surface area contributed by atoms with Crippen LogP contribution in [-0.4, -0.2) is 30.5 Å². The third-order valence-corrected chi connectivity index (χ3v) is 3.93. The van der Waals surface area contributed by atoms with Gasteiger partial charge in [0.25, 0.3) is 0 Å². The third kappa shape index (κ3) is 4.44. The summed E-state index contributed by atoms with van der Waals surface area (Å²) in [5.41, 5.74) is 2.81. The number of aromatic nitrogens is 1. The van der Waals surface area contributed by atoms with Crippen molar-refractivity contribution in [3.8, 4) is 0 Å². The number of hydrogen-bond acceptors (Lipinski definition) is 4. The van der Waals surface area contributed by atoms with E-state index in [1.54, 1.807) is 12.1 Å². The van der Waals surface area contributed by atoms with Crippen molar-refractivity contribution in [2.24, 2.45) is 0 Å². The second-order valence-corrected chi connectivity index (χ2v) is 5.80. The molecule has 0 bridgehead atoms. The third-order valence-electron chi connectivity index (χ3n) is 3.93. The Labute approximate surface area is 140 Å². The van der Waals surface area contributed by atoms with Crippen LogP contribution in [0.5, 0.6) is 0 Å². The molecule has 24 heavy (non-hydrogen) atoms. The van der Waals surface area contributed by atoms with E-state index in [4.69, 9.17) is 0 Å². The lowest BCUT2D eigenvalue weighted by Gasteiger charge is -2.17. The largest absolute Gasteiger partial charge is 0.376 e. The molecule has 0 radical (unpaired) electrons. The zero-order valence-corrected chi connectivity index (χ0v) is 13.4. The summed E-state index contributed by atoms with van der Waals surface area (Å²) in [5.74, 6) is 0.515. The maximum absolute atomic E-state index is 13.0. The fourth-order valence-corrected chi connectivity index (χ4v) is 2.68. The van der Waals surface area contributed by atoms with E-state index in [2.05, 4.69) is 27.0 Å². The fraction of sp³-hybridized carbons (Fsp3) is 0.333. The Bertz CT molecular complexity index is 720. The standard InChI is InChI=1S/C18H21FN4O/c19-14-4-1-5-16(11-14)22-12-17(24)20-10-8-15-7-6-13-3-2-9-21-18(13)23-15/h1,4-7,11,22H,2-3,8-10,12H2,(H,20,24)(H,21,23). The van der Waals surface area contributed by atoms with Gasteiger partial charge >= 0.3 is 0 Å². The van der Waals surface area contributed by atoms with Crippen LogP contribution in [0, 0.1) is 5.82 Å². The Hall–Kier alpha value is -2.63. The number of fused-ring (bicyclic) bond motifs is 1. The van der Waals surface area contributed by atoms with E-state index in [-0.39, 0.29) is 18.3 Å². The summed E-state index contributed by atoms with van der Waals surface area (Å²) >= 11 is 0. The molecule has 3 N–H and O–H groups in total. The van der Waals surface area contributed by atoms with Crippen LogP contribution >= 0.6 is 0 Å². The quantitative estimate of drug-likeness (QED) is 0.761. The van der Waals surface area contributed by atoms with E-state index in [1.807, 2.05) is 6.07 Å². The number of amides is 1. The molecule has 2 aromatic rings. The van der Waals surface area contributed by atoms with E-state index >= 15 is 0 Å². The van der Waals surface area contributed by atoms with E-state index in [0.717, 1.165) is 30.9 Å². The molecule has 1 amide bonds. The lowest BCUT2D eigenvalue weighted by molar-refractivity contribution is -0.119. The summed E-state index contributed by atoms with van der Waals surface area (Å²) < 4.78 is 13.0. The van der Waals surface area contributed by atoms with E-state index < -0.39 is 0 Å². The van der Waals surface area contributed by atoms with Gasteiger partial charge in [-0.3, -0.25) is 4.79 Å². The topological polar surface area (TPSA) is 66.0 Å². The van der Waals surface area contributed by atoms with Gasteiger partial charge in [0, 0.05) is 30.9 Å². The van der Waals surface area contributed by atoms with Gasteiger partial charge in [0.1, 0.15) is 11.6 Å². The van der Waals surface area contributed by atoms with Crippen molar-refractivity contribution in [3.05, 3.63) is 53.5 Å². The molecular weight excluding hydrogens is 307 g/mol. The number of nitrogens with zero attached hydrogens (tertiary/aromatic N) is 1. The van der Waals surface area contributed by atoms with Gasteiger partial charge in [-0.1, -0.05) is 12.1 Å². The number of benzene rings is 1. The monoisotopic (exact) mass is 328 g/mol. The van der Waals surface area contributed by atoms with Crippen LogP contribution in [0.1, 0.15) is 17.7 Å². The maximum Gasteiger partial charge on any atom is 0.239 e. The highest BCUT2D eigenvalue weighted by Gasteiger charge is 2.10. The molecular formula is C18H21FN4O. The Kier molecular flexibility index (Phi) is 5.25. The summed E-state index contributed by atoms with van der Waals surface area (Å²) in [7, 11) is 0. The van der Waals surface area contributed by atoms with Crippen molar-refractivity contribution in [2.45, 2.75) is 19.3 Å². The van der Waals surface area contributed by atoms with Crippen LogP contribution in [0.15, 0.2) is 36.4 Å². The van der Waals surface area contributed by atoms with Crippen LogP contribution < -0.4 is 16.0 Å². The summed E-state index contributed by atoms with van der Waals surface area (Å²) in [5, 5.41) is 9.04. The van der Waals surface area contributed by atoms with Gasteiger partial charge in [-0.15, -0.1) is 0 Å². The number of anilines is 2. The van der Waals surface area contributed by atoms with Crippen LogP contribution in [0.3, 0.4) is 0 Å². The van der Waals surface area contributed by atoms with E-state index in [9.17, 15) is 9.18 Å². The Morgan fingerprint density at radius 1 is 1.29 bits per heavy atom. The molecule has 1 aromatic carbocycles. The highest BCUT2D eigenvalue weighted by molar-refractivity contribution is 5.80. The maximum atomic E-state index is 13.0. The SMILES string of the molecule is O=C(CNc1cccc(F)c1)NCCc1ccc2c(n1)NCCC2. The summed E-state index contributed by atoms with van der Waals surface area (Å²) in [4.78, 5) is 16.4. The number of nitrogens with one attached hydrogen (secondary N) is 3. The first-order valence-electron chi connectivity index (χ1n) is 8.19. The predicted octanol–water partition coefficient (Wildman–Crippen LogP) is 2.35. The minimum Gasteiger partial charge on any atom is -0.376 e. The molecule has 6 heteroatoms. The molecule has 126 valence electrons. The lowest BCUT2D eigenvalue weighted by Crippen LogP contribution is -2.31. The van der Waals surface area contributed by atoms with Crippen LogP contribution in [0.25, 0.3) is 0 Å². The molecule has 1 aliphatic rings. The first-order valence-corrected chi connectivity index (χ1v) is 8.19. The summed E-state index contributed by atoms with van der Waals surface area (Å²) in [6, 6.07) is 10.2. The molecule has 0 atom stereocenters. The first-order chi connectivity index (χ1) is 11.7. The molecule has 0 fully saturated rings. The van der Waals surface area contributed by atoms with E-state index in [1.165, 1.54) is 17.7 Å². The lowest BCUT2D eigenvalue weighted by atomic mass is 10.1. The summed E-state index contributed by atoms with van der Waals surface area (Å²) in [6.45, 7) is 1.60. The molecule has 3 rings (SSSR count). The molecule has 0 unspecified atom stereocenters. The van der Waals surface area contributed by atoms with Crippen molar-refractivity contribution in [1.29, 1.82) is 0 Å². The second-order valence-electron chi connectivity index (χ2n) is 5.80. The van der Waals surface area contributed by atoms with Gasteiger partial charge in [-0.2, -0.15) is 0 Å². The average Bonchev–Trinajstić information content (AvgIpc) is 2.60. The van der Waals surface area contributed by atoms with Gasteiger partial charge in [0.2, 0.25) is 5.91 Å². The average molecular weight is 328 g/mol. The predicted molar refractivity (Wildman–Crippen MR) is 92.7 cm³/mol. The minimum atomic E-state index is -0.326. The van der Waals surface area contributed by atoms with Crippen molar-refractivity contribution < 1.29 is 9.18 Å². The number of hydrogen-bond donors (Lipinski definition) is 3. The van der Waals surface area contributed by atoms with Crippen LogP contribution in [0.4, 0.5) is 15.9 Å². The molecule has 0 aliphatic carbocycles. The smallest absolute Gasteiger partial charge is 0.239 e. The Morgan fingerprint density at radius 3 is 3.08 bits per heavy atom. The zero-order chi connectivity index (χ0) is 16.8. The van der Waals surface area contributed by atoms with Gasteiger partial charge in [-0.05, 0) is 42.7 Å². The number of rotatable bonds is 6. The number of halogens is 1. The van der Waals surface area contributed by atoms with Gasteiger partial charge < -0.3 is 16.0 Å². The number of aryl methyl sites for hydroxylation is 1. The molecule has 5 nitrogen and oxygen atoms in total. The molecule has 1 aromatic heterocycles. The molecule has 2 heterocycles. The van der Waals surface area contributed by atoms with Crippen molar-refractivity contribution in [1.82, 2.24) is 10.3 Å². The van der Waals surface area contributed by atoms with Gasteiger partial charge in [0.15, 0.2) is 0 Å². The molecule has 1 aliphatic heterocycles. The zero-order valence-electron chi connectivity index (χ0n) is 13.4. The van der Waals surface area contributed by atoms with Crippen molar-refractivity contribution >= 4 is 17.4 Å². The van der Waals surface area contributed by atoms with Crippen LogP contribution in [-0.2, 0) is 17.6 Å². The molecule has 0 spiro atoms. The second kappa shape index (κ2) is 7.77. The first kappa shape index (κ1) is 16.2. The minimum absolute atomic E-state index is 0.114. The number of pyridine rings is 1. The fourth-order valence-electron chi connectivity index (χ4n) is 2.68. The number of carbonyl (C=O) groups is 1. The Morgan fingerprint density at radius 2 is 2.21 bits per heavy atom. The van der Waals surface area contributed by atoms with Crippen LogP contribution in [0.2, 0.25) is 0 Å². The van der Waals surface area contributed by atoms with Crippen molar-refractivity contribution in [2.75, 3.05) is 30.3 Å². The highest BCUT2D eigenvalue weighted by Crippen LogP contribution is 2.19. The van der Waals surface area contributed by atoms with Gasteiger partial charge in [-0.25, -0.2) is 9.37 Å². The number of carbonyl (C=O) groups excluding carboxylic acids is 1. The normalized spacial score (nSPS) is 12.9. The molecule has 0 saturated heterocycles. The van der Waals surface area contributed by atoms with Gasteiger partial charge in [0.05, 0.1) is 6.54 Å². The van der Waals surface area contributed by atoms with Crippen molar-refractivity contribution in [3.63, 3.8) is 0 Å². The highest BCUT2D eigenvalue weighted by atomic mass is 19.1. The molecule has 0 saturated carbocycles. The Balaban J connectivity index is 1.42. The summed E-state index contributed by atoms with van der Waals surface area (Å²) in [6.07, 6.45) is 2.89.